The Balaban J connectivity index is 1.50. The summed E-state index contributed by atoms with van der Waals surface area (Å²) in [5.74, 6) is 0.403. The number of aryl methyl sites for hydroxylation is 3. The summed E-state index contributed by atoms with van der Waals surface area (Å²) in [4.78, 5) is 27.1. The standard InChI is InChI=1S/C23H26ClNO2/c1-16-3-5-19(6-4-16)23(27)20-11-13-25(14-12-20)22(26)10-8-18-7-9-21(24)15-17(18)2/h3-7,9,15,20H,8,10-14H2,1-2H3. The molecule has 1 amide bonds. The molecule has 4 heteroatoms. The lowest BCUT2D eigenvalue weighted by Gasteiger charge is -2.31. The lowest BCUT2D eigenvalue weighted by molar-refractivity contribution is -0.132. The van der Waals surface area contributed by atoms with Crippen LogP contribution < -0.4 is 0 Å². The molecule has 0 N–H and O–H groups in total. The summed E-state index contributed by atoms with van der Waals surface area (Å²) in [6, 6.07) is 13.6. The van der Waals surface area contributed by atoms with E-state index in [2.05, 4.69) is 0 Å². The van der Waals surface area contributed by atoms with Gasteiger partial charge in [-0.15, -0.1) is 0 Å². The second-order valence-corrected chi connectivity index (χ2v) is 7.89. The van der Waals surface area contributed by atoms with Crippen molar-refractivity contribution in [2.45, 2.75) is 39.5 Å². The summed E-state index contributed by atoms with van der Waals surface area (Å²) in [6.07, 6.45) is 2.72. The fraction of sp³-hybridized carbons (Fsp3) is 0.391. The van der Waals surface area contributed by atoms with E-state index >= 15 is 0 Å². The first kappa shape index (κ1) is 19.6. The number of rotatable bonds is 5. The Labute approximate surface area is 166 Å². The van der Waals surface area contributed by atoms with Gasteiger partial charge in [0.25, 0.3) is 0 Å². The van der Waals surface area contributed by atoms with Gasteiger partial charge < -0.3 is 4.90 Å². The molecular weight excluding hydrogens is 358 g/mol. The number of carbonyl (C=O) groups excluding carboxylic acids is 2. The zero-order valence-corrected chi connectivity index (χ0v) is 16.8. The normalized spacial score (nSPS) is 15.0. The maximum atomic E-state index is 12.6. The summed E-state index contributed by atoms with van der Waals surface area (Å²) in [6.45, 7) is 5.37. The van der Waals surface area contributed by atoms with Crippen LogP contribution in [0.1, 0.15) is 46.3 Å². The van der Waals surface area contributed by atoms with Crippen LogP contribution >= 0.6 is 11.6 Å². The first-order valence-electron chi connectivity index (χ1n) is 9.57. The number of ketones is 1. The summed E-state index contributed by atoms with van der Waals surface area (Å²) in [5.41, 5.74) is 4.22. The van der Waals surface area contributed by atoms with E-state index < -0.39 is 0 Å². The summed E-state index contributed by atoms with van der Waals surface area (Å²) in [5, 5.41) is 0.725. The van der Waals surface area contributed by atoms with E-state index in [9.17, 15) is 9.59 Å². The van der Waals surface area contributed by atoms with Gasteiger partial charge in [0.15, 0.2) is 5.78 Å². The highest BCUT2D eigenvalue weighted by Crippen LogP contribution is 2.23. The van der Waals surface area contributed by atoms with Crippen molar-refractivity contribution in [3.8, 4) is 0 Å². The minimum atomic E-state index is 0.0234. The number of hydrogen-bond donors (Lipinski definition) is 0. The van der Waals surface area contributed by atoms with Gasteiger partial charge in [-0.2, -0.15) is 0 Å². The molecule has 1 aliphatic rings. The van der Waals surface area contributed by atoms with Crippen molar-refractivity contribution in [1.82, 2.24) is 4.90 Å². The average molecular weight is 384 g/mol. The molecule has 0 spiro atoms. The van der Waals surface area contributed by atoms with Crippen LogP contribution in [0.4, 0.5) is 0 Å². The highest BCUT2D eigenvalue weighted by atomic mass is 35.5. The van der Waals surface area contributed by atoms with Crippen molar-refractivity contribution in [2.75, 3.05) is 13.1 Å². The fourth-order valence-corrected chi connectivity index (χ4v) is 3.91. The first-order chi connectivity index (χ1) is 12.9. The van der Waals surface area contributed by atoms with Crippen molar-refractivity contribution >= 4 is 23.3 Å². The van der Waals surface area contributed by atoms with E-state index in [4.69, 9.17) is 11.6 Å². The predicted molar refractivity (Wildman–Crippen MR) is 109 cm³/mol. The minimum Gasteiger partial charge on any atom is -0.343 e. The van der Waals surface area contributed by atoms with Crippen LogP contribution in [-0.4, -0.2) is 29.7 Å². The molecule has 0 unspecified atom stereocenters. The monoisotopic (exact) mass is 383 g/mol. The van der Waals surface area contributed by atoms with Gasteiger partial charge in [0, 0.05) is 36.0 Å². The lowest BCUT2D eigenvalue weighted by atomic mass is 9.88. The van der Waals surface area contributed by atoms with Gasteiger partial charge in [-0.05, 0) is 56.4 Å². The number of carbonyl (C=O) groups is 2. The van der Waals surface area contributed by atoms with Crippen molar-refractivity contribution in [2.24, 2.45) is 5.92 Å². The second-order valence-electron chi connectivity index (χ2n) is 7.46. The van der Waals surface area contributed by atoms with E-state index in [1.807, 2.05) is 61.2 Å². The molecule has 0 saturated carbocycles. The van der Waals surface area contributed by atoms with Crippen molar-refractivity contribution in [1.29, 1.82) is 0 Å². The largest absolute Gasteiger partial charge is 0.343 e. The molecule has 1 saturated heterocycles. The zero-order chi connectivity index (χ0) is 19.4. The number of hydrogen-bond acceptors (Lipinski definition) is 2. The summed E-state index contributed by atoms with van der Waals surface area (Å²) < 4.78 is 0. The first-order valence-corrected chi connectivity index (χ1v) is 9.95. The third kappa shape index (κ3) is 4.98. The van der Waals surface area contributed by atoms with Gasteiger partial charge in [0.2, 0.25) is 5.91 Å². The number of likely N-dealkylation sites (tertiary alicyclic amines) is 1. The quantitative estimate of drug-likeness (QED) is 0.680. The SMILES string of the molecule is Cc1ccc(C(=O)C2CCN(C(=O)CCc3ccc(Cl)cc3C)CC2)cc1. The number of Topliss-reactive ketones (excluding diaryl/α,β-unsaturated/α-hetero) is 1. The third-order valence-corrected chi connectivity index (χ3v) is 5.70. The molecule has 27 heavy (non-hydrogen) atoms. The smallest absolute Gasteiger partial charge is 0.222 e. The van der Waals surface area contributed by atoms with Crippen LogP contribution in [0.15, 0.2) is 42.5 Å². The Bertz CT molecular complexity index is 821. The topological polar surface area (TPSA) is 37.4 Å². The molecule has 2 aromatic rings. The van der Waals surface area contributed by atoms with Crippen molar-refractivity contribution < 1.29 is 9.59 Å². The summed E-state index contributed by atoms with van der Waals surface area (Å²) >= 11 is 5.99. The number of amides is 1. The summed E-state index contributed by atoms with van der Waals surface area (Å²) in [7, 11) is 0. The van der Waals surface area contributed by atoms with Crippen LogP contribution in [0.3, 0.4) is 0 Å². The molecule has 0 aliphatic carbocycles. The van der Waals surface area contributed by atoms with Crippen molar-refractivity contribution in [3.63, 3.8) is 0 Å². The molecule has 3 rings (SSSR count). The zero-order valence-electron chi connectivity index (χ0n) is 16.0. The highest BCUT2D eigenvalue weighted by Gasteiger charge is 2.27. The van der Waals surface area contributed by atoms with Gasteiger partial charge in [0.1, 0.15) is 0 Å². The fourth-order valence-electron chi connectivity index (χ4n) is 3.68. The van der Waals surface area contributed by atoms with Gasteiger partial charge in [0.05, 0.1) is 0 Å². The molecule has 2 aromatic carbocycles. The Morgan fingerprint density at radius 2 is 1.70 bits per heavy atom. The average Bonchev–Trinajstić information content (AvgIpc) is 2.67. The van der Waals surface area contributed by atoms with E-state index in [1.165, 1.54) is 0 Å². The van der Waals surface area contributed by atoms with E-state index in [0.717, 1.165) is 46.5 Å². The molecule has 0 aromatic heterocycles. The molecule has 0 bridgehead atoms. The van der Waals surface area contributed by atoms with Gasteiger partial charge >= 0.3 is 0 Å². The highest BCUT2D eigenvalue weighted by molar-refractivity contribution is 6.30. The van der Waals surface area contributed by atoms with Crippen LogP contribution in [0.25, 0.3) is 0 Å². The molecule has 1 aliphatic heterocycles. The molecule has 0 radical (unpaired) electrons. The maximum Gasteiger partial charge on any atom is 0.222 e. The predicted octanol–water partition coefficient (Wildman–Crippen LogP) is 5.01. The Kier molecular flexibility index (Phi) is 6.33. The van der Waals surface area contributed by atoms with Crippen LogP contribution in [-0.2, 0) is 11.2 Å². The molecular formula is C23H26ClNO2. The Hall–Kier alpha value is -2.13. The number of piperidine rings is 1. The Morgan fingerprint density at radius 1 is 1.04 bits per heavy atom. The minimum absolute atomic E-state index is 0.0234. The van der Waals surface area contributed by atoms with Crippen molar-refractivity contribution in [3.05, 3.63) is 69.7 Å². The van der Waals surface area contributed by atoms with Crippen LogP contribution in [0.5, 0.6) is 0 Å². The maximum absolute atomic E-state index is 12.6. The second kappa shape index (κ2) is 8.71. The number of halogens is 1. The van der Waals surface area contributed by atoms with Gasteiger partial charge in [-0.25, -0.2) is 0 Å². The Morgan fingerprint density at radius 3 is 2.33 bits per heavy atom. The molecule has 1 heterocycles. The van der Waals surface area contributed by atoms with E-state index in [-0.39, 0.29) is 17.6 Å². The number of benzene rings is 2. The van der Waals surface area contributed by atoms with Gasteiger partial charge in [-0.3, -0.25) is 9.59 Å². The molecule has 3 nitrogen and oxygen atoms in total. The number of nitrogens with zero attached hydrogens (tertiary/aromatic N) is 1. The van der Waals surface area contributed by atoms with Gasteiger partial charge in [-0.1, -0.05) is 47.5 Å². The van der Waals surface area contributed by atoms with E-state index in [1.54, 1.807) is 0 Å². The van der Waals surface area contributed by atoms with E-state index in [0.29, 0.717) is 19.5 Å². The molecule has 0 atom stereocenters. The molecule has 142 valence electrons. The van der Waals surface area contributed by atoms with Crippen LogP contribution in [0, 0.1) is 19.8 Å². The van der Waals surface area contributed by atoms with Crippen LogP contribution in [0.2, 0.25) is 5.02 Å². The lowest BCUT2D eigenvalue weighted by Crippen LogP contribution is -2.40. The molecule has 1 fully saturated rings. The third-order valence-electron chi connectivity index (χ3n) is 5.47.